The first-order chi connectivity index (χ1) is 9.08. The van der Waals surface area contributed by atoms with Crippen LogP contribution in [0.5, 0.6) is 0 Å². The fourth-order valence-electron chi connectivity index (χ4n) is 1.39. The van der Waals surface area contributed by atoms with Crippen LogP contribution in [-0.4, -0.2) is 26.2 Å². The monoisotopic (exact) mass is 264 g/mol. The summed E-state index contributed by atoms with van der Waals surface area (Å²) in [6, 6.07) is 9.31. The zero-order valence-electron chi connectivity index (χ0n) is 11.1. The van der Waals surface area contributed by atoms with Gasteiger partial charge < -0.3 is 14.2 Å². The molecule has 0 amide bonds. The normalized spacial score (nSPS) is 12.5. The average molecular weight is 264 g/mol. The number of benzene rings is 1. The third-order valence-electron chi connectivity index (χ3n) is 2.41. The van der Waals surface area contributed by atoms with Crippen molar-refractivity contribution in [1.82, 2.24) is 0 Å². The highest BCUT2D eigenvalue weighted by atomic mass is 16.6. The van der Waals surface area contributed by atoms with E-state index in [0.29, 0.717) is 0 Å². The fraction of sp³-hybridized carbons (Fsp3) is 0.286. The molecular formula is C14H16O5. The second kappa shape index (κ2) is 7.20. The summed E-state index contributed by atoms with van der Waals surface area (Å²) in [4.78, 5) is 22.7. The Kier molecular flexibility index (Phi) is 5.60. The molecule has 5 nitrogen and oxygen atoms in total. The molecule has 0 aliphatic carbocycles. The Labute approximate surface area is 111 Å². The van der Waals surface area contributed by atoms with Crippen molar-refractivity contribution in [3.05, 3.63) is 47.7 Å². The molecule has 1 aromatic rings. The highest BCUT2D eigenvalue weighted by Crippen LogP contribution is 2.20. The van der Waals surface area contributed by atoms with Crippen LogP contribution in [0.1, 0.15) is 18.6 Å². The van der Waals surface area contributed by atoms with Crippen LogP contribution in [-0.2, 0) is 23.8 Å². The van der Waals surface area contributed by atoms with Crippen LogP contribution in [0.2, 0.25) is 0 Å². The molecule has 0 saturated carbocycles. The number of methoxy groups -OCH3 is 2. The second-order valence-electron chi connectivity index (χ2n) is 3.69. The van der Waals surface area contributed by atoms with Gasteiger partial charge >= 0.3 is 11.9 Å². The Morgan fingerprint density at radius 2 is 1.74 bits per heavy atom. The van der Waals surface area contributed by atoms with E-state index < -0.39 is 18.0 Å². The van der Waals surface area contributed by atoms with E-state index in [-0.39, 0.29) is 5.76 Å². The Balaban J connectivity index is 2.87. The molecule has 1 rings (SSSR count). The van der Waals surface area contributed by atoms with E-state index in [1.165, 1.54) is 14.2 Å². The van der Waals surface area contributed by atoms with E-state index in [0.717, 1.165) is 11.6 Å². The number of carbonyl (C=O) groups excluding carboxylic acids is 2. The lowest BCUT2D eigenvalue weighted by molar-refractivity contribution is -0.143. The quantitative estimate of drug-likeness (QED) is 0.462. The molecule has 0 radical (unpaired) electrons. The van der Waals surface area contributed by atoms with Gasteiger partial charge in [-0.15, -0.1) is 0 Å². The summed E-state index contributed by atoms with van der Waals surface area (Å²) in [6.45, 7) is 1.77. The van der Waals surface area contributed by atoms with Crippen LogP contribution in [0.15, 0.2) is 42.2 Å². The van der Waals surface area contributed by atoms with Crippen molar-refractivity contribution in [1.29, 1.82) is 0 Å². The number of hydrogen-bond donors (Lipinski definition) is 0. The number of rotatable bonds is 5. The Morgan fingerprint density at radius 1 is 1.11 bits per heavy atom. The van der Waals surface area contributed by atoms with Crippen molar-refractivity contribution in [3.63, 3.8) is 0 Å². The molecule has 0 fully saturated rings. The topological polar surface area (TPSA) is 61.8 Å². The van der Waals surface area contributed by atoms with Gasteiger partial charge in [-0.25, -0.2) is 9.59 Å². The maximum absolute atomic E-state index is 11.5. The molecule has 0 N–H and O–H groups in total. The molecule has 0 aliphatic heterocycles. The molecule has 0 heterocycles. The summed E-state index contributed by atoms with van der Waals surface area (Å²) in [5.74, 6) is -1.60. The minimum atomic E-state index is -0.729. The van der Waals surface area contributed by atoms with Gasteiger partial charge in [-0.05, 0) is 12.5 Å². The molecule has 0 aromatic heterocycles. The van der Waals surface area contributed by atoms with E-state index >= 15 is 0 Å². The second-order valence-corrected chi connectivity index (χ2v) is 3.69. The first-order valence-corrected chi connectivity index (χ1v) is 5.68. The average Bonchev–Trinajstić information content (AvgIpc) is 2.46. The third-order valence-corrected chi connectivity index (χ3v) is 2.41. The minimum absolute atomic E-state index is 0.189. The van der Waals surface area contributed by atoms with Crippen molar-refractivity contribution in [2.75, 3.05) is 14.2 Å². The van der Waals surface area contributed by atoms with Gasteiger partial charge in [0.1, 0.15) is 6.10 Å². The van der Waals surface area contributed by atoms with Crippen molar-refractivity contribution < 1.29 is 23.8 Å². The molecule has 1 atom stereocenters. The first kappa shape index (κ1) is 14.8. The third kappa shape index (κ3) is 4.46. The van der Waals surface area contributed by atoms with Gasteiger partial charge in [0.2, 0.25) is 5.76 Å². The van der Waals surface area contributed by atoms with Crippen molar-refractivity contribution in [3.8, 4) is 0 Å². The fourth-order valence-corrected chi connectivity index (χ4v) is 1.39. The van der Waals surface area contributed by atoms with Gasteiger partial charge in [0.05, 0.1) is 20.3 Å². The van der Waals surface area contributed by atoms with Crippen LogP contribution in [0.4, 0.5) is 0 Å². The highest BCUT2D eigenvalue weighted by Gasteiger charge is 2.18. The Bertz CT molecular complexity index is 464. The SMILES string of the molecule is COC(=O)/C=C(/OC(C)c1ccccc1)C(=O)OC. The maximum Gasteiger partial charge on any atom is 0.373 e. The molecule has 0 bridgehead atoms. The largest absolute Gasteiger partial charge is 0.478 e. The van der Waals surface area contributed by atoms with Crippen LogP contribution in [0.25, 0.3) is 0 Å². The molecule has 0 spiro atoms. The van der Waals surface area contributed by atoms with E-state index in [1.54, 1.807) is 6.92 Å². The van der Waals surface area contributed by atoms with E-state index in [9.17, 15) is 9.59 Å². The lowest BCUT2D eigenvalue weighted by Gasteiger charge is -2.16. The standard InChI is InChI=1S/C14H16O5/c1-10(11-7-5-4-6-8-11)19-12(14(16)18-3)9-13(15)17-2/h4-10H,1-3H3/b12-9+. The van der Waals surface area contributed by atoms with Gasteiger partial charge in [-0.1, -0.05) is 30.3 Å². The van der Waals surface area contributed by atoms with Crippen LogP contribution in [0.3, 0.4) is 0 Å². The van der Waals surface area contributed by atoms with E-state index in [1.807, 2.05) is 30.3 Å². The van der Waals surface area contributed by atoms with E-state index in [4.69, 9.17) is 4.74 Å². The van der Waals surface area contributed by atoms with Crippen molar-refractivity contribution in [2.24, 2.45) is 0 Å². The summed E-state index contributed by atoms with van der Waals surface area (Å²) in [5.41, 5.74) is 0.877. The van der Waals surface area contributed by atoms with Crippen molar-refractivity contribution in [2.45, 2.75) is 13.0 Å². The van der Waals surface area contributed by atoms with E-state index in [2.05, 4.69) is 9.47 Å². The van der Waals surface area contributed by atoms with Crippen LogP contribution >= 0.6 is 0 Å². The Hall–Kier alpha value is -2.30. The predicted molar refractivity (Wildman–Crippen MR) is 68.1 cm³/mol. The number of hydrogen-bond acceptors (Lipinski definition) is 5. The molecule has 0 aliphatic rings. The lowest BCUT2D eigenvalue weighted by atomic mass is 10.1. The van der Waals surface area contributed by atoms with Gasteiger partial charge in [-0.3, -0.25) is 0 Å². The molecular weight excluding hydrogens is 248 g/mol. The smallest absolute Gasteiger partial charge is 0.373 e. The number of ether oxygens (including phenoxy) is 3. The zero-order chi connectivity index (χ0) is 14.3. The summed E-state index contributed by atoms with van der Waals surface area (Å²) in [7, 11) is 2.43. The van der Waals surface area contributed by atoms with Gasteiger partial charge in [-0.2, -0.15) is 0 Å². The summed E-state index contributed by atoms with van der Waals surface area (Å²) >= 11 is 0. The van der Waals surface area contributed by atoms with Crippen LogP contribution < -0.4 is 0 Å². The van der Waals surface area contributed by atoms with Crippen LogP contribution in [0, 0.1) is 0 Å². The van der Waals surface area contributed by atoms with Gasteiger partial charge in [0.25, 0.3) is 0 Å². The summed E-state index contributed by atoms with van der Waals surface area (Å²) < 4.78 is 14.5. The summed E-state index contributed by atoms with van der Waals surface area (Å²) in [6.07, 6.45) is 0.571. The Morgan fingerprint density at radius 3 is 2.26 bits per heavy atom. The molecule has 102 valence electrons. The zero-order valence-corrected chi connectivity index (χ0v) is 11.1. The minimum Gasteiger partial charge on any atom is -0.478 e. The lowest BCUT2D eigenvalue weighted by Crippen LogP contribution is -2.13. The predicted octanol–water partition coefficient (Wildman–Crippen LogP) is 1.99. The van der Waals surface area contributed by atoms with Crippen molar-refractivity contribution >= 4 is 11.9 Å². The molecule has 0 saturated heterocycles. The maximum atomic E-state index is 11.5. The van der Waals surface area contributed by atoms with Gasteiger partial charge in [0, 0.05) is 0 Å². The molecule has 5 heteroatoms. The molecule has 1 aromatic carbocycles. The summed E-state index contributed by atoms with van der Waals surface area (Å²) in [5, 5.41) is 0. The number of carbonyl (C=O) groups is 2. The number of esters is 2. The molecule has 1 unspecified atom stereocenters. The highest BCUT2D eigenvalue weighted by molar-refractivity contribution is 5.94. The first-order valence-electron chi connectivity index (χ1n) is 5.68. The van der Waals surface area contributed by atoms with Gasteiger partial charge in [0.15, 0.2) is 0 Å². The molecule has 19 heavy (non-hydrogen) atoms.